The minimum Gasteiger partial charge on any atom is -0.481 e. The average Bonchev–Trinajstić information content (AvgIpc) is 2.47. The number of rotatable bonds is 7. The fourth-order valence-corrected chi connectivity index (χ4v) is 1.94. The van der Waals surface area contributed by atoms with Gasteiger partial charge in [0.2, 0.25) is 5.91 Å². The van der Waals surface area contributed by atoms with Gasteiger partial charge in [-0.1, -0.05) is 6.07 Å². The van der Waals surface area contributed by atoms with Crippen molar-refractivity contribution in [3.8, 4) is 0 Å². The van der Waals surface area contributed by atoms with Crippen LogP contribution in [0.5, 0.6) is 0 Å². The van der Waals surface area contributed by atoms with Crippen LogP contribution in [0.3, 0.4) is 0 Å². The number of carbonyl (C=O) groups excluding carboxylic acids is 2. The largest absolute Gasteiger partial charge is 0.481 e. The first-order valence-corrected chi connectivity index (χ1v) is 7.20. The van der Waals surface area contributed by atoms with Gasteiger partial charge >= 0.3 is 5.97 Å². The molecular weight excluding hydrogens is 284 g/mol. The second-order valence-corrected chi connectivity index (χ2v) is 5.10. The lowest BCUT2D eigenvalue weighted by atomic mass is 10.1. The van der Waals surface area contributed by atoms with Crippen molar-refractivity contribution in [1.29, 1.82) is 0 Å². The Morgan fingerprint density at radius 2 is 1.86 bits per heavy atom. The summed E-state index contributed by atoms with van der Waals surface area (Å²) < 4.78 is 0. The number of nitrogens with one attached hydrogen (secondary N) is 1. The topological polar surface area (TPSA) is 86.7 Å². The Morgan fingerprint density at radius 3 is 2.41 bits per heavy atom. The summed E-state index contributed by atoms with van der Waals surface area (Å²) in [7, 11) is 0. The van der Waals surface area contributed by atoms with Crippen molar-refractivity contribution in [3.63, 3.8) is 0 Å². The number of nitrogens with zero attached hydrogens (tertiary/aromatic N) is 1. The number of carbonyl (C=O) groups is 3. The summed E-state index contributed by atoms with van der Waals surface area (Å²) in [6.07, 6.45) is -0.106. The maximum atomic E-state index is 12.0. The van der Waals surface area contributed by atoms with Gasteiger partial charge in [-0.25, -0.2) is 0 Å². The summed E-state index contributed by atoms with van der Waals surface area (Å²) in [6.45, 7) is 6.06. The Bertz CT molecular complexity index is 569. The fraction of sp³-hybridized carbons (Fsp3) is 0.438. The number of carboxylic acids is 1. The molecule has 0 heterocycles. The molecule has 2 amide bonds. The molecule has 0 fully saturated rings. The van der Waals surface area contributed by atoms with E-state index in [4.69, 9.17) is 5.11 Å². The van der Waals surface area contributed by atoms with Gasteiger partial charge < -0.3 is 15.3 Å². The van der Waals surface area contributed by atoms with E-state index in [2.05, 4.69) is 5.32 Å². The predicted molar refractivity (Wildman–Crippen MR) is 82.8 cm³/mol. The number of aryl methyl sites for hydroxylation is 2. The zero-order valence-electron chi connectivity index (χ0n) is 13.2. The zero-order valence-corrected chi connectivity index (χ0v) is 13.2. The van der Waals surface area contributed by atoms with Crippen LogP contribution in [0.4, 0.5) is 0 Å². The maximum absolute atomic E-state index is 12.0. The van der Waals surface area contributed by atoms with Crippen molar-refractivity contribution < 1.29 is 19.5 Å². The average molecular weight is 306 g/mol. The van der Waals surface area contributed by atoms with Crippen LogP contribution in [0, 0.1) is 13.8 Å². The monoisotopic (exact) mass is 306 g/mol. The highest BCUT2D eigenvalue weighted by molar-refractivity contribution is 5.96. The normalized spacial score (nSPS) is 10.1. The minimum atomic E-state index is -0.953. The van der Waals surface area contributed by atoms with Crippen molar-refractivity contribution in [2.24, 2.45) is 0 Å². The summed E-state index contributed by atoms with van der Waals surface area (Å²) in [5.74, 6) is -1.56. The quantitative estimate of drug-likeness (QED) is 0.796. The van der Waals surface area contributed by atoms with Crippen molar-refractivity contribution in [3.05, 3.63) is 34.9 Å². The maximum Gasteiger partial charge on any atom is 0.305 e. The van der Waals surface area contributed by atoms with Crippen LogP contribution in [0.2, 0.25) is 0 Å². The van der Waals surface area contributed by atoms with Gasteiger partial charge in [0.25, 0.3) is 5.91 Å². The van der Waals surface area contributed by atoms with Gasteiger partial charge in [-0.15, -0.1) is 0 Å². The Labute approximate surface area is 130 Å². The van der Waals surface area contributed by atoms with Crippen LogP contribution in [0.1, 0.15) is 34.8 Å². The fourth-order valence-electron chi connectivity index (χ4n) is 1.94. The molecule has 2 N–H and O–H groups in total. The Hall–Kier alpha value is -2.37. The number of amides is 2. The highest BCUT2D eigenvalue weighted by Crippen LogP contribution is 2.09. The van der Waals surface area contributed by atoms with Crippen molar-refractivity contribution in [1.82, 2.24) is 10.2 Å². The van der Waals surface area contributed by atoms with Crippen molar-refractivity contribution in [2.75, 3.05) is 19.6 Å². The molecule has 1 aromatic rings. The smallest absolute Gasteiger partial charge is 0.305 e. The van der Waals surface area contributed by atoms with Crippen LogP contribution in [-0.4, -0.2) is 47.4 Å². The van der Waals surface area contributed by atoms with Gasteiger partial charge in [0.05, 0.1) is 13.0 Å². The first-order chi connectivity index (χ1) is 10.3. The van der Waals surface area contributed by atoms with E-state index in [0.29, 0.717) is 12.1 Å². The Morgan fingerprint density at radius 1 is 1.18 bits per heavy atom. The molecule has 6 heteroatoms. The van der Waals surface area contributed by atoms with Crippen molar-refractivity contribution in [2.45, 2.75) is 27.2 Å². The molecule has 0 aliphatic rings. The van der Waals surface area contributed by atoms with Crippen LogP contribution >= 0.6 is 0 Å². The zero-order chi connectivity index (χ0) is 16.7. The number of hydrogen-bond acceptors (Lipinski definition) is 3. The van der Waals surface area contributed by atoms with E-state index in [0.717, 1.165) is 11.1 Å². The highest BCUT2D eigenvalue weighted by atomic mass is 16.4. The molecular formula is C16H22N2O4. The molecule has 6 nitrogen and oxygen atoms in total. The predicted octanol–water partition coefficient (Wildman–Crippen LogP) is 1.36. The van der Waals surface area contributed by atoms with Crippen LogP contribution < -0.4 is 5.32 Å². The summed E-state index contributed by atoms with van der Waals surface area (Å²) >= 11 is 0. The van der Waals surface area contributed by atoms with Crippen LogP contribution in [-0.2, 0) is 9.59 Å². The molecule has 0 aromatic heterocycles. The van der Waals surface area contributed by atoms with Crippen molar-refractivity contribution >= 4 is 17.8 Å². The second kappa shape index (κ2) is 8.17. The summed E-state index contributed by atoms with van der Waals surface area (Å²) in [4.78, 5) is 35.9. The van der Waals surface area contributed by atoms with Gasteiger partial charge in [0.15, 0.2) is 0 Å². The highest BCUT2D eigenvalue weighted by Gasteiger charge is 2.14. The third-order valence-corrected chi connectivity index (χ3v) is 3.50. The molecule has 0 aliphatic carbocycles. The molecule has 22 heavy (non-hydrogen) atoms. The summed E-state index contributed by atoms with van der Waals surface area (Å²) in [6, 6.07) is 5.35. The Balaban J connectivity index is 2.56. The van der Waals surface area contributed by atoms with Gasteiger partial charge in [-0.2, -0.15) is 0 Å². The number of hydrogen-bond donors (Lipinski definition) is 2. The number of benzene rings is 1. The molecule has 0 spiro atoms. The van der Waals surface area contributed by atoms with Gasteiger partial charge in [0, 0.05) is 18.7 Å². The molecule has 0 unspecified atom stereocenters. The first-order valence-electron chi connectivity index (χ1n) is 7.20. The van der Waals surface area contributed by atoms with E-state index in [1.165, 1.54) is 4.90 Å². The van der Waals surface area contributed by atoms with Gasteiger partial charge in [-0.3, -0.25) is 14.4 Å². The summed E-state index contributed by atoms with van der Waals surface area (Å²) in [5, 5.41) is 11.2. The van der Waals surface area contributed by atoms with Gasteiger partial charge in [-0.05, 0) is 44.0 Å². The number of likely N-dealkylation sites (N-methyl/N-ethyl adjacent to an activating group) is 1. The van der Waals surface area contributed by atoms with E-state index < -0.39 is 5.97 Å². The second-order valence-electron chi connectivity index (χ2n) is 5.10. The van der Waals surface area contributed by atoms with Gasteiger partial charge in [0.1, 0.15) is 0 Å². The Kier molecular flexibility index (Phi) is 6.56. The van der Waals surface area contributed by atoms with E-state index in [-0.39, 0.29) is 31.3 Å². The lowest BCUT2D eigenvalue weighted by Gasteiger charge is -2.20. The van der Waals surface area contributed by atoms with E-state index in [9.17, 15) is 14.4 Å². The molecule has 0 saturated carbocycles. The third-order valence-electron chi connectivity index (χ3n) is 3.50. The molecule has 120 valence electrons. The lowest BCUT2D eigenvalue weighted by molar-refractivity contribution is -0.138. The molecule has 0 radical (unpaired) electrons. The van der Waals surface area contributed by atoms with Crippen LogP contribution in [0.15, 0.2) is 18.2 Å². The first kappa shape index (κ1) is 17.7. The third kappa shape index (κ3) is 5.20. The molecule has 0 atom stereocenters. The van der Waals surface area contributed by atoms with E-state index >= 15 is 0 Å². The standard InChI is InChI=1S/C16H22N2O4/c1-4-18(8-7-15(20)21)14(19)10-17-16(22)13-6-5-11(2)12(3)9-13/h5-6,9H,4,7-8,10H2,1-3H3,(H,17,22)(H,20,21). The molecule has 0 aliphatic heterocycles. The molecule has 1 rings (SSSR count). The summed E-state index contributed by atoms with van der Waals surface area (Å²) in [5.41, 5.74) is 2.61. The van der Waals surface area contributed by atoms with Crippen LogP contribution in [0.25, 0.3) is 0 Å². The SMILES string of the molecule is CCN(CCC(=O)O)C(=O)CNC(=O)c1ccc(C)c(C)c1. The lowest BCUT2D eigenvalue weighted by Crippen LogP contribution is -2.41. The molecule has 1 aromatic carbocycles. The number of carboxylic acid groups (broad SMARTS) is 1. The molecule has 0 saturated heterocycles. The number of aliphatic carboxylic acids is 1. The van der Waals surface area contributed by atoms with E-state index in [1.807, 2.05) is 19.9 Å². The molecule has 0 bridgehead atoms. The van der Waals surface area contributed by atoms with E-state index in [1.54, 1.807) is 19.1 Å². The minimum absolute atomic E-state index is 0.106.